The molecule has 5 aliphatic carbocycles. The number of Topliss-reactive ketones (excluding diaryl/α,β-unsaturated/α-hetero) is 6. The molecule has 0 saturated carbocycles. The largest absolute Gasteiger partial charge is 0.423 e. The number of methoxy groups -OCH3 is 5. The van der Waals surface area contributed by atoms with Gasteiger partial charge < -0.3 is 28.4 Å². The number of rotatable bonds is 0. The Hall–Kier alpha value is -8.05. The van der Waals surface area contributed by atoms with E-state index in [9.17, 15) is 43.2 Å². The smallest absolute Gasteiger partial charge is 0.344 e. The van der Waals surface area contributed by atoms with Crippen molar-refractivity contribution in [1.82, 2.24) is 0 Å². The summed E-state index contributed by atoms with van der Waals surface area (Å²) in [4.78, 5) is 102. The number of fused-ring (bicyclic) bond motifs is 4. The fraction of sp³-hybridized carbons (Fsp3) is 0.318. The molecule has 0 spiro atoms. The molecular weight excluding hydrogens is 1030 g/mol. The van der Waals surface area contributed by atoms with Gasteiger partial charge in [0, 0.05) is 126 Å². The van der Waals surface area contributed by atoms with Crippen LogP contribution in [0, 0.1) is 0 Å². The van der Waals surface area contributed by atoms with E-state index in [-0.39, 0.29) is 83.4 Å². The van der Waals surface area contributed by atoms with E-state index in [0.717, 1.165) is 94.7 Å². The van der Waals surface area contributed by atoms with E-state index >= 15 is 0 Å². The van der Waals surface area contributed by atoms with Gasteiger partial charge in [-0.15, -0.1) is 0 Å². The molecule has 12 rings (SSSR count). The second-order valence-electron chi connectivity index (χ2n) is 18.4. The summed E-state index contributed by atoms with van der Waals surface area (Å²) in [7, 11) is 16.2. The summed E-state index contributed by atoms with van der Waals surface area (Å²) in [5, 5.41) is 2.90. The number of cyclic esters (lactones) is 1. The number of ketones is 6. The number of carbonyl (C=O) groups is 7. The predicted octanol–water partition coefficient (Wildman–Crippen LogP) is 10.6. The van der Waals surface area contributed by atoms with E-state index in [1.54, 1.807) is 114 Å². The number of carbonyl (C=O) groups excluding carboxylic acids is 7. The summed E-state index contributed by atoms with van der Waals surface area (Å²) in [5.74, 6) is 0.296. The molecule has 0 amide bonds. The topological polar surface area (TPSA) is 209 Å². The van der Waals surface area contributed by atoms with Gasteiger partial charge in [-0.3, -0.25) is 38.4 Å². The van der Waals surface area contributed by atoms with Crippen molar-refractivity contribution in [3.05, 3.63) is 186 Å². The number of hydrogen-bond donors (Lipinski definition) is 0. The van der Waals surface area contributed by atoms with Gasteiger partial charge in [0.25, 0.3) is 0 Å². The Labute approximate surface area is 474 Å². The first kappa shape index (κ1) is 69.1. The fourth-order valence-electron chi connectivity index (χ4n) is 9.13. The molecule has 6 aromatic rings. The third-order valence-corrected chi connectivity index (χ3v) is 12.3. The van der Waals surface area contributed by atoms with E-state index in [0.29, 0.717) is 33.2 Å². The molecule has 0 aromatic heterocycles. The van der Waals surface area contributed by atoms with Gasteiger partial charge >= 0.3 is 5.97 Å². The van der Waals surface area contributed by atoms with E-state index in [1.165, 1.54) is 0 Å². The van der Waals surface area contributed by atoms with Crippen LogP contribution in [0.2, 0.25) is 0 Å². The predicted molar refractivity (Wildman–Crippen MR) is 319 cm³/mol. The van der Waals surface area contributed by atoms with Crippen LogP contribution in [0.3, 0.4) is 0 Å². The molecule has 81 heavy (non-hydrogen) atoms. The van der Waals surface area contributed by atoms with E-state index < -0.39 is 0 Å². The van der Waals surface area contributed by atoms with Crippen LogP contribution in [0.15, 0.2) is 148 Å². The quantitative estimate of drug-likeness (QED) is 0.102. The molecule has 0 fully saturated rings. The summed E-state index contributed by atoms with van der Waals surface area (Å²) in [6.45, 7) is 7.37. The lowest BCUT2D eigenvalue weighted by Crippen LogP contribution is -2.37. The van der Waals surface area contributed by atoms with Gasteiger partial charge in [-0.2, -0.15) is 0 Å². The Balaban J connectivity index is 0.000000328. The summed E-state index contributed by atoms with van der Waals surface area (Å²) in [5.41, 5.74) is 7.35. The third-order valence-electron chi connectivity index (χ3n) is 12.3. The summed E-state index contributed by atoms with van der Waals surface area (Å²) >= 11 is 0. The summed E-state index contributed by atoms with van der Waals surface area (Å²) in [6, 6.07) is 33.0. The van der Waals surface area contributed by atoms with Gasteiger partial charge in [0.1, 0.15) is 5.76 Å². The van der Waals surface area contributed by atoms with Crippen molar-refractivity contribution in [2.24, 2.45) is 0 Å². The highest BCUT2D eigenvalue weighted by atomic mass is 16.5. The summed E-state index contributed by atoms with van der Waals surface area (Å²) < 4.78 is 26.5. The first-order valence-electron chi connectivity index (χ1n) is 25.5. The molecule has 1 aliphatic heterocycles. The average molecular weight is 1110 g/mol. The number of allylic oxidation sites excluding steroid dienone is 4. The first-order chi connectivity index (χ1) is 38.4. The van der Waals surface area contributed by atoms with Gasteiger partial charge in [0.2, 0.25) is 0 Å². The highest BCUT2D eigenvalue weighted by Gasteiger charge is 2.33. The van der Waals surface area contributed by atoms with Crippen LogP contribution < -0.4 is 16.1 Å². The molecule has 6 aromatic carbocycles. The van der Waals surface area contributed by atoms with E-state index in [2.05, 4.69) is 36.8 Å². The SMILES string of the molecule is C.C=C1OC(=O)c2ccccc2-c2ccccc21.C=c1c(=O)c2cccc3cccc(c1=O)c32.COC.COC.COC.COC.COC.O=C1CC(=O)C2=C1CCC2.O=C1CC(=O)C2=C1CCCC2.O=C1CC(=O)c2ccccc21. The normalized spacial score (nSPS) is 14.5. The van der Waals surface area contributed by atoms with Crippen LogP contribution in [0.4, 0.5) is 0 Å². The van der Waals surface area contributed by atoms with Crippen molar-refractivity contribution >= 4 is 74.6 Å². The molecule has 15 nitrogen and oxygen atoms in total. The maximum Gasteiger partial charge on any atom is 0.344 e. The van der Waals surface area contributed by atoms with Gasteiger partial charge in [-0.1, -0.05) is 124 Å². The van der Waals surface area contributed by atoms with Crippen molar-refractivity contribution in [3.8, 4) is 11.1 Å². The van der Waals surface area contributed by atoms with Crippen molar-refractivity contribution in [1.29, 1.82) is 0 Å². The van der Waals surface area contributed by atoms with Crippen LogP contribution >= 0.6 is 0 Å². The number of esters is 1. The molecule has 0 N–H and O–H groups in total. The lowest BCUT2D eigenvalue weighted by atomic mass is 9.93. The van der Waals surface area contributed by atoms with Crippen molar-refractivity contribution in [2.45, 2.75) is 71.6 Å². The molecule has 6 aliphatic rings. The third kappa shape index (κ3) is 18.5. The van der Waals surface area contributed by atoms with Gasteiger partial charge in [-0.05, 0) is 67.5 Å². The van der Waals surface area contributed by atoms with Gasteiger partial charge in [0.15, 0.2) is 45.6 Å². The minimum absolute atomic E-state index is 0. The highest BCUT2D eigenvalue weighted by molar-refractivity contribution is 6.24. The average Bonchev–Trinajstić information content (AvgIpc) is 4.29. The standard InChI is InChI=1S/C15H10O2.C14H8O2.C9H10O2.C9H6O2.C8H8O2.5C2H6O.CH4/c1-10-11-6-2-3-7-12(11)13-8-4-5-9-14(13)15(16)17-10;1-8-13(15)10-6-2-4-9-5-3-7-11(12(9)10)14(8)16;2*10-8-5-9(11)7-4-2-1-3-6(7)8;9-7-4-8(10)6-3-1-2-5(6)7;5*1-3-2;/h2-9H,1H2;2-7H,1H2;1-5H2;1-4H,5H2;1-4H2;5*1-2H3;1H4. The number of hydrogen-bond acceptors (Lipinski definition) is 15. The zero-order valence-electron chi connectivity index (χ0n) is 47.5. The minimum atomic E-state index is -0.346. The molecule has 0 saturated heterocycles. The Morgan fingerprint density at radius 2 is 0.654 bits per heavy atom. The zero-order valence-corrected chi connectivity index (χ0v) is 47.5. The van der Waals surface area contributed by atoms with E-state index in [1.807, 2.05) is 66.7 Å². The molecule has 430 valence electrons. The maximum atomic E-state index is 11.9. The summed E-state index contributed by atoms with van der Waals surface area (Å²) in [6.07, 6.45) is 6.92. The molecule has 0 bridgehead atoms. The number of ether oxygens (including phenoxy) is 6. The Morgan fingerprint density at radius 1 is 0.358 bits per heavy atom. The van der Waals surface area contributed by atoms with Crippen molar-refractivity contribution in [3.63, 3.8) is 0 Å². The second kappa shape index (κ2) is 35.5. The van der Waals surface area contributed by atoms with Crippen LogP contribution in [0.1, 0.15) is 108 Å². The minimum Gasteiger partial charge on any atom is -0.423 e. The molecular formula is C66H76O15. The molecule has 0 atom stereocenters. The van der Waals surface area contributed by atoms with Gasteiger partial charge in [0.05, 0.1) is 30.0 Å². The maximum absolute atomic E-state index is 11.9. The Kier molecular flexibility index (Phi) is 30.3. The van der Waals surface area contributed by atoms with Crippen LogP contribution in [0.5, 0.6) is 0 Å². The fourth-order valence-corrected chi connectivity index (χ4v) is 9.13. The second-order valence-corrected chi connectivity index (χ2v) is 18.4. The molecule has 0 unspecified atom stereocenters. The van der Waals surface area contributed by atoms with Crippen molar-refractivity contribution < 1.29 is 62.0 Å². The first-order valence-corrected chi connectivity index (χ1v) is 25.5. The Morgan fingerprint density at radius 3 is 1.02 bits per heavy atom. The van der Waals surface area contributed by atoms with E-state index in [4.69, 9.17) is 4.74 Å². The van der Waals surface area contributed by atoms with Crippen LogP contribution in [0.25, 0.3) is 45.0 Å². The molecule has 1 heterocycles. The Bertz CT molecular complexity index is 3190. The monoisotopic (exact) mass is 1110 g/mol. The lowest BCUT2D eigenvalue weighted by molar-refractivity contribution is -0.122. The van der Waals surface area contributed by atoms with Crippen molar-refractivity contribution in [2.75, 3.05) is 71.1 Å². The zero-order chi connectivity index (χ0) is 59.5. The van der Waals surface area contributed by atoms with Crippen LogP contribution in [-0.2, 0) is 47.6 Å². The highest BCUT2D eigenvalue weighted by Crippen LogP contribution is 2.36. The number of benzene rings is 6. The molecule has 0 radical (unpaired) electrons. The van der Waals surface area contributed by atoms with Gasteiger partial charge in [-0.25, -0.2) is 4.79 Å². The van der Waals surface area contributed by atoms with Crippen LogP contribution in [-0.4, -0.2) is 112 Å². The molecule has 15 heteroatoms. The lowest BCUT2D eigenvalue weighted by Gasteiger charge is -2.10.